The first-order chi connectivity index (χ1) is 15.2. The number of carbonyl (C=O) groups excluding carboxylic acids is 1. The Morgan fingerprint density at radius 1 is 1.23 bits per heavy atom. The molecule has 0 unspecified atom stereocenters. The lowest BCUT2D eigenvalue weighted by atomic mass is 10.1. The summed E-state index contributed by atoms with van der Waals surface area (Å²) in [5.41, 5.74) is 3.61. The van der Waals surface area contributed by atoms with Gasteiger partial charge in [0.25, 0.3) is 5.91 Å². The van der Waals surface area contributed by atoms with Crippen molar-refractivity contribution in [1.82, 2.24) is 14.9 Å². The Labute approximate surface area is 182 Å². The summed E-state index contributed by atoms with van der Waals surface area (Å²) in [5.74, 6) is 2.20. The first-order valence-electron chi connectivity index (χ1n) is 10.5. The molecule has 164 valence electrons. The molecule has 2 heterocycles. The summed E-state index contributed by atoms with van der Waals surface area (Å²) < 4.78 is 16.1. The summed E-state index contributed by atoms with van der Waals surface area (Å²) in [4.78, 5) is 24.1. The number of morpholine rings is 1. The van der Waals surface area contributed by atoms with Gasteiger partial charge in [0.2, 0.25) is 0 Å². The first kappa shape index (κ1) is 21.3. The number of allylic oxidation sites excluding steroid dienone is 1. The van der Waals surface area contributed by atoms with E-state index in [0.717, 1.165) is 29.1 Å². The van der Waals surface area contributed by atoms with Crippen LogP contribution in [0.25, 0.3) is 6.08 Å². The topological polar surface area (TPSA) is 85.8 Å². The van der Waals surface area contributed by atoms with E-state index in [1.54, 1.807) is 20.3 Å². The number of aromatic nitrogens is 2. The van der Waals surface area contributed by atoms with Gasteiger partial charge in [-0.15, -0.1) is 0 Å². The maximum Gasteiger partial charge on any atom is 0.254 e. The zero-order valence-corrected chi connectivity index (χ0v) is 18.0. The van der Waals surface area contributed by atoms with Gasteiger partial charge in [-0.1, -0.05) is 18.2 Å². The molecule has 1 aromatic carbocycles. The number of nitrogens with one attached hydrogen (secondary N) is 1. The summed E-state index contributed by atoms with van der Waals surface area (Å²) >= 11 is 0. The van der Waals surface area contributed by atoms with Crippen molar-refractivity contribution in [2.75, 3.05) is 59.0 Å². The van der Waals surface area contributed by atoms with Crippen LogP contribution in [-0.2, 0) is 22.3 Å². The number of ether oxygens (including phenoxy) is 3. The number of hydrogen-bond acceptors (Lipinski definition) is 7. The number of carbonyl (C=O) groups is 1. The minimum absolute atomic E-state index is 0.00219. The Hall–Kier alpha value is -2.97. The van der Waals surface area contributed by atoms with Gasteiger partial charge < -0.3 is 24.4 Å². The van der Waals surface area contributed by atoms with Gasteiger partial charge in [0.1, 0.15) is 17.4 Å². The summed E-state index contributed by atoms with van der Waals surface area (Å²) in [6, 6.07) is 5.58. The molecule has 2 aromatic rings. The van der Waals surface area contributed by atoms with Crippen LogP contribution < -0.4 is 10.1 Å². The predicted octanol–water partition coefficient (Wildman–Crippen LogP) is 2.18. The molecule has 1 aromatic heterocycles. The molecule has 0 spiro atoms. The molecule has 0 bridgehead atoms. The molecule has 8 nitrogen and oxygen atoms in total. The molecule has 1 fully saturated rings. The van der Waals surface area contributed by atoms with Gasteiger partial charge in [0.05, 0.1) is 32.6 Å². The maximum atomic E-state index is 12.8. The van der Waals surface area contributed by atoms with Gasteiger partial charge in [0.15, 0.2) is 0 Å². The third-order valence-corrected chi connectivity index (χ3v) is 5.45. The molecule has 4 rings (SSSR count). The monoisotopic (exact) mass is 424 g/mol. The van der Waals surface area contributed by atoms with Crippen LogP contribution in [0.3, 0.4) is 0 Å². The fourth-order valence-electron chi connectivity index (χ4n) is 3.81. The minimum Gasteiger partial charge on any atom is -0.496 e. The van der Waals surface area contributed by atoms with E-state index >= 15 is 0 Å². The Morgan fingerprint density at radius 2 is 2.06 bits per heavy atom. The van der Waals surface area contributed by atoms with E-state index in [0.29, 0.717) is 63.0 Å². The zero-order valence-electron chi connectivity index (χ0n) is 18.0. The second-order valence-corrected chi connectivity index (χ2v) is 7.48. The highest BCUT2D eigenvalue weighted by atomic mass is 16.5. The third-order valence-electron chi connectivity index (χ3n) is 5.45. The summed E-state index contributed by atoms with van der Waals surface area (Å²) in [6.07, 6.45) is 5.47. The van der Waals surface area contributed by atoms with Gasteiger partial charge in [-0.05, 0) is 12.1 Å². The van der Waals surface area contributed by atoms with Crippen LogP contribution in [0.5, 0.6) is 5.75 Å². The van der Waals surface area contributed by atoms with Crippen molar-refractivity contribution in [3.63, 3.8) is 0 Å². The van der Waals surface area contributed by atoms with Crippen LogP contribution >= 0.6 is 0 Å². The lowest BCUT2D eigenvalue weighted by Gasteiger charge is -2.27. The highest BCUT2D eigenvalue weighted by Gasteiger charge is 2.21. The van der Waals surface area contributed by atoms with E-state index in [-0.39, 0.29) is 5.91 Å². The lowest BCUT2D eigenvalue weighted by molar-refractivity contribution is 0.0302. The Bertz CT molecular complexity index is 970. The molecule has 0 saturated carbocycles. The third kappa shape index (κ3) is 4.86. The van der Waals surface area contributed by atoms with Crippen molar-refractivity contribution in [3.8, 4) is 5.75 Å². The maximum absolute atomic E-state index is 12.8. The summed E-state index contributed by atoms with van der Waals surface area (Å²) in [7, 11) is 3.30. The molecule has 8 heteroatoms. The number of fused-ring (bicyclic) bond motifs is 1. The number of amides is 1. The van der Waals surface area contributed by atoms with Crippen molar-refractivity contribution in [1.29, 1.82) is 0 Å². The van der Waals surface area contributed by atoms with Gasteiger partial charge in [-0.2, -0.15) is 0 Å². The molecule has 0 radical (unpaired) electrons. The van der Waals surface area contributed by atoms with Gasteiger partial charge in [-0.25, -0.2) is 9.97 Å². The second-order valence-electron chi connectivity index (χ2n) is 7.48. The molecule has 1 N–H and O–H groups in total. The highest BCUT2D eigenvalue weighted by Crippen LogP contribution is 2.27. The molecule has 1 amide bonds. The summed E-state index contributed by atoms with van der Waals surface area (Å²) in [5, 5.41) is 3.34. The van der Waals surface area contributed by atoms with Gasteiger partial charge in [0, 0.05) is 56.3 Å². The number of nitrogens with zero attached hydrogens (tertiary/aromatic N) is 3. The molecular weight excluding hydrogens is 396 g/mol. The molecule has 0 atom stereocenters. The van der Waals surface area contributed by atoms with Gasteiger partial charge in [-0.3, -0.25) is 4.79 Å². The number of methoxy groups -OCH3 is 2. The average molecular weight is 425 g/mol. The Morgan fingerprint density at radius 3 is 2.84 bits per heavy atom. The zero-order chi connectivity index (χ0) is 21.6. The summed E-state index contributed by atoms with van der Waals surface area (Å²) in [6.45, 7) is 3.65. The van der Waals surface area contributed by atoms with E-state index in [4.69, 9.17) is 24.2 Å². The Kier molecular flexibility index (Phi) is 6.79. The molecule has 2 aliphatic rings. The SMILES string of the molecule is COCCNc1nc(Cc2ccc(C(=O)N3CCOCC3)cc2OC)nc2c1C=CC2. The molecule has 1 saturated heterocycles. The fraction of sp³-hybridized carbons (Fsp3) is 0.435. The minimum atomic E-state index is -0.00219. The average Bonchev–Trinajstić information content (AvgIpc) is 3.28. The van der Waals surface area contributed by atoms with Crippen LogP contribution in [0.2, 0.25) is 0 Å². The van der Waals surface area contributed by atoms with Crippen molar-refractivity contribution in [3.05, 3.63) is 52.5 Å². The molecule has 1 aliphatic carbocycles. The van der Waals surface area contributed by atoms with Crippen LogP contribution in [0, 0.1) is 0 Å². The van der Waals surface area contributed by atoms with E-state index in [2.05, 4.69) is 17.5 Å². The van der Waals surface area contributed by atoms with Crippen LogP contribution in [0.4, 0.5) is 5.82 Å². The predicted molar refractivity (Wildman–Crippen MR) is 118 cm³/mol. The van der Waals surface area contributed by atoms with Crippen LogP contribution in [-0.4, -0.2) is 74.4 Å². The normalized spacial score (nSPS) is 15.1. The second kappa shape index (κ2) is 9.89. The standard InChI is InChI=1S/C23H28N4O4/c1-29-11-8-24-22-18-4-3-5-19(18)25-21(26-22)15-16-6-7-17(14-20(16)30-2)23(28)27-9-12-31-13-10-27/h3-4,6-7,14H,5,8-13,15H2,1-2H3,(H,24,25,26). The lowest BCUT2D eigenvalue weighted by Crippen LogP contribution is -2.40. The number of rotatable bonds is 8. The van der Waals surface area contributed by atoms with E-state index in [1.165, 1.54) is 0 Å². The number of benzene rings is 1. The first-order valence-corrected chi connectivity index (χ1v) is 10.5. The van der Waals surface area contributed by atoms with Crippen molar-refractivity contribution >= 4 is 17.8 Å². The van der Waals surface area contributed by atoms with Crippen molar-refractivity contribution in [2.45, 2.75) is 12.8 Å². The van der Waals surface area contributed by atoms with E-state index in [9.17, 15) is 4.79 Å². The molecular formula is C23H28N4O4. The molecule has 1 aliphatic heterocycles. The largest absolute Gasteiger partial charge is 0.496 e. The highest BCUT2D eigenvalue weighted by molar-refractivity contribution is 5.94. The van der Waals surface area contributed by atoms with Crippen molar-refractivity contribution in [2.24, 2.45) is 0 Å². The Balaban J connectivity index is 1.55. The van der Waals surface area contributed by atoms with E-state index in [1.807, 2.05) is 17.0 Å². The van der Waals surface area contributed by atoms with E-state index < -0.39 is 0 Å². The quantitative estimate of drug-likeness (QED) is 0.650. The van der Waals surface area contributed by atoms with Gasteiger partial charge >= 0.3 is 0 Å². The fourth-order valence-corrected chi connectivity index (χ4v) is 3.81. The smallest absolute Gasteiger partial charge is 0.254 e. The van der Waals surface area contributed by atoms with Crippen LogP contribution in [0.1, 0.15) is 33.0 Å². The number of anilines is 1. The molecule has 31 heavy (non-hydrogen) atoms. The van der Waals surface area contributed by atoms with Crippen LogP contribution in [0.15, 0.2) is 24.3 Å². The van der Waals surface area contributed by atoms with Crippen molar-refractivity contribution < 1.29 is 19.0 Å². The number of hydrogen-bond donors (Lipinski definition) is 1.